The van der Waals surface area contributed by atoms with E-state index in [1.165, 1.54) is 5.56 Å². The quantitative estimate of drug-likeness (QED) is 0.913. The van der Waals surface area contributed by atoms with Crippen molar-refractivity contribution in [1.82, 2.24) is 4.90 Å². The number of nitrogens with zero attached hydrogens (tertiary/aromatic N) is 1. The lowest BCUT2D eigenvalue weighted by Crippen LogP contribution is -2.43. The molecule has 2 atom stereocenters. The van der Waals surface area contributed by atoms with Crippen LogP contribution in [0.15, 0.2) is 18.2 Å². The van der Waals surface area contributed by atoms with Crippen molar-refractivity contribution in [2.75, 3.05) is 40.0 Å². The van der Waals surface area contributed by atoms with Crippen molar-refractivity contribution in [2.45, 2.75) is 25.0 Å². The Balaban J connectivity index is 1.79. The first kappa shape index (κ1) is 14.6. The fourth-order valence-corrected chi connectivity index (χ4v) is 3.20. The highest BCUT2D eigenvalue weighted by atomic mass is 16.6. The van der Waals surface area contributed by atoms with E-state index in [0.29, 0.717) is 25.9 Å². The number of nitrogens with two attached hydrogens (primary N) is 1. The van der Waals surface area contributed by atoms with Gasteiger partial charge in [-0.2, -0.15) is 0 Å². The molecule has 3 rings (SSSR count). The maximum Gasteiger partial charge on any atom is 0.161 e. The lowest BCUT2D eigenvalue weighted by Gasteiger charge is -2.37. The molecule has 0 aromatic heterocycles. The summed E-state index contributed by atoms with van der Waals surface area (Å²) in [6.45, 7) is 3.83. The Labute approximate surface area is 126 Å². The third kappa shape index (κ3) is 3.15. The predicted molar refractivity (Wildman–Crippen MR) is 80.8 cm³/mol. The molecule has 5 heteroatoms. The van der Waals surface area contributed by atoms with E-state index >= 15 is 0 Å². The van der Waals surface area contributed by atoms with Gasteiger partial charge in [0.1, 0.15) is 13.2 Å². The summed E-state index contributed by atoms with van der Waals surface area (Å²) in [5.74, 6) is 1.66. The van der Waals surface area contributed by atoms with Crippen molar-refractivity contribution in [2.24, 2.45) is 5.73 Å². The van der Waals surface area contributed by atoms with Crippen LogP contribution in [-0.2, 0) is 4.74 Å². The van der Waals surface area contributed by atoms with Gasteiger partial charge in [0.2, 0.25) is 0 Å². The van der Waals surface area contributed by atoms with Crippen molar-refractivity contribution in [3.05, 3.63) is 23.8 Å². The van der Waals surface area contributed by atoms with Crippen LogP contribution in [-0.4, -0.2) is 51.0 Å². The molecule has 1 aromatic rings. The van der Waals surface area contributed by atoms with Crippen LogP contribution in [0.25, 0.3) is 0 Å². The van der Waals surface area contributed by atoms with Crippen LogP contribution in [0.5, 0.6) is 11.5 Å². The van der Waals surface area contributed by atoms with Gasteiger partial charge in [0, 0.05) is 26.2 Å². The standard InChI is InChI=1S/C16H24N2O3/c1-19-13-3-2-6-18(11-13)14(10-17)12-4-5-15-16(9-12)21-8-7-20-15/h4-5,9,13-14H,2-3,6-8,10-11,17H2,1H3. The number of ether oxygens (including phenoxy) is 3. The van der Waals surface area contributed by atoms with E-state index in [1.54, 1.807) is 7.11 Å². The first-order chi connectivity index (χ1) is 10.3. The normalized spacial score (nSPS) is 23.8. The zero-order valence-corrected chi connectivity index (χ0v) is 12.6. The van der Waals surface area contributed by atoms with Gasteiger partial charge in [-0.1, -0.05) is 6.07 Å². The van der Waals surface area contributed by atoms with Crippen molar-refractivity contribution in [1.29, 1.82) is 0 Å². The molecule has 1 saturated heterocycles. The maximum absolute atomic E-state index is 6.04. The average molecular weight is 292 g/mol. The van der Waals surface area contributed by atoms with Gasteiger partial charge < -0.3 is 19.9 Å². The third-order valence-corrected chi connectivity index (χ3v) is 4.36. The number of fused-ring (bicyclic) bond motifs is 1. The Morgan fingerprint density at radius 2 is 2.14 bits per heavy atom. The Morgan fingerprint density at radius 3 is 2.90 bits per heavy atom. The van der Waals surface area contributed by atoms with Gasteiger partial charge in [0.05, 0.1) is 6.10 Å². The van der Waals surface area contributed by atoms with Gasteiger partial charge in [0.25, 0.3) is 0 Å². The summed E-state index contributed by atoms with van der Waals surface area (Å²) >= 11 is 0. The van der Waals surface area contributed by atoms with E-state index in [1.807, 2.05) is 6.07 Å². The number of hydrogen-bond acceptors (Lipinski definition) is 5. The SMILES string of the molecule is COC1CCCN(C(CN)c2ccc3c(c2)OCCO3)C1. The van der Waals surface area contributed by atoms with E-state index in [0.717, 1.165) is 37.4 Å². The summed E-state index contributed by atoms with van der Waals surface area (Å²) in [4.78, 5) is 2.42. The second-order valence-electron chi connectivity index (χ2n) is 5.65. The highest BCUT2D eigenvalue weighted by Gasteiger charge is 2.27. The molecule has 1 aromatic carbocycles. The molecule has 2 aliphatic heterocycles. The molecular weight excluding hydrogens is 268 g/mol. The first-order valence-electron chi connectivity index (χ1n) is 7.68. The molecule has 21 heavy (non-hydrogen) atoms. The Bertz CT molecular complexity index is 481. The molecule has 0 saturated carbocycles. The van der Waals surface area contributed by atoms with Crippen LogP contribution < -0.4 is 15.2 Å². The zero-order valence-electron chi connectivity index (χ0n) is 12.6. The summed E-state index contributed by atoms with van der Waals surface area (Å²) in [7, 11) is 1.79. The predicted octanol–water partition coefficient (Wildman–Crippen LogP) is 1.57. The smallest absolute Gasteiger partial charge is 0.161 e. The molecular formula is C16H24N2O3. The summed E-state index contributed by atoms with van der Waals surface area (Å²) in [6.07, 6.45) is 2.59. The minimum atomic E-state index is 0.207. The molecule has 2 aliphatic rings. The van der Waals surface area contributed by atoms with E-state index < -0.39 is 0 Å². The fourth-order valence-electron chi connectivity index (χ4n) is 3.20. The summed E-state index contributed by atoms with van der Waals surface area (Å²) in [6, 6.07) is 6.37. The van der Waals surface area contributed by atoms with Crippen LogP contribution in [0.2, 0.25) is 0 Å². The van der Waals surface area contributed by atoms with Crippen LogP contribution in [0.1, 0.15) is 24.4 Å². The number of rotatable bonds is 4. The highest BCUT2D eigenvalue weighted by molar-refractivity contribution is 5.44. The van der Waals surface area contributed by atoms with Crippen LogP contribution in [0, 0.1) is 0 Å². The van der Waals surface area contributed by atoms with Gasteiger partial charge in [-0.15, -0.1) is 0 Å². The molecule has 2 heterocycles. The largest absolute Gasteiger partial charge is 0.486 e. The second kappa shape index (κ2) is 6.64. The van der Waals surface area contributed by atoms with Crippen molar-refractivity contribution in [3.63, 3.8) is 0 Å². The molecule has 0 spiro atoms. The Morgan fingerprint density at radius 1 is 1.33 bits per heavy atom. The Hall–Kier alpha value is -1.30. The summed E-state index contributed by atoms with van der Waals surface area (Å²) in [5, 5.41) is 0. The minimum absolute atomic E-state index is 0.207. The summed E-state index contributed by atoms with van der Waals surface area (Å²) < 4.78 is 16.8. The molecule has 0 amide bonds. The fraction of sp³-hybridized carbons (Fsp3) is 0.625. The molecule has 0 radical (unpaired) electrons. The second-order valence-corrected chi connectivity index (χ2v) is 5.65. The van der Waals surface area contributed by atoms with E-state index in [4.69, 9.17) is 19.9 Å². The maximum atomic E-state index is 6.04. The van der Waals surface area contributed by atoms with Crippen LogP contribution in [0.3, 0.4) is 0 Å². The average Bonchev–Trinajstić information content (AvgIpc) is 2.56. The van der Waals surface area contributed by atoms with Crippen molar-refractivity contribution in [3.8, 4) is 11.5 Å². The molecule has 2 unspecified atom stereocenters. The van der Waals surface area contributed by atoms with E-state index in [2.05, 4.69) is 17.0 Å². The molecule has 0 aliphatic carbocycles. The number of methoxy groups -OCH3 is 1. The highest BCUT2D eigenvalue weighted by Crippen LogP contribution is 2.34. The van der Waals surface area contributed by atoms with E-state index in [9.17, 15) is 0 Å². The third-order valence-electron chi connectivity index (χ3n) is 4.36. The number of likely N-dealkylation sites (tertiary alicyclic amines) is 1. The number of benzene rings is 1. The Kier molecular flexibility index (Phi) is 4.63. The number of piperidine rings is 1. The lowest BCUT2D eigenvalue weighted by molar-refractivity contribution is 0.0154. The molecule has 2 N–H and O–H groups in total. The van der Waals surface area contributed by atoms with Crippen molar-refractivity contribution >= 4 is 0 Å². The van der Waals surface area contributed by atoms with Gasteiger partial charge >= 0.3 is 0 Å². The van der Waals surface area contributed by atoms with Gasteiger partial charge in [-0.3, -0.25) is 4.90 Å². The summed E-state index contributed by atoms with van der Waals surface area (Å²) in [5.41, 5.74) is 7.24. The monoisotopic (exact) mass is 292 g/mol. The molecule has 1 fully saturated rings. The van der Waals surface area contributed by atoms with Crippen LogP contribution in [0.4, 0.5) is 0 Å². The lowest BCUT2D eigenvalue weighted by atomic mass is 10.00. The van der Waals surface area contributed by atoms with E-state index in [-0.39, 0.29) is 6.04 Å². The van der Waals surface area contributed by atoms with Gasteiger partial charge in [-0.25, -0.2) is 0 Å². The minimum Gasteiger partial charge on any atom is -0.486 e. The van der Waals surface area contributed by atoms with Gasteiger partial charge in [0.15, 0.2) is 11.5 Å². The molecule has 0 bridgehead atoms. The molecule has 5 nitrogen and oxygen atoms in total. The zero-order chi connectivity index (χ0) is 14.7. The first-order valence-corrected chi connectivity index (χ1v) is 7.68. The number of hydrogen-bond donors (Lipinski definition) is 1. The topological polar surface area (TPSA) is 57.0 Å². The van der Waals surface area contributed by atoms with Crippen molar-refractivity contribution < 1.29 is 14.2 Å². The van der Waals surface area contributed by atoms with Gasteiger partial charge in [-0.05, 0) is 37.1 Å². The van der Waals surface area contributed by atoms with Crippen LogP contribution >= 0.6 is 0 Å². The molecule has 116 valence electrons.